The maximum Gasteiger partial charge on any atom is 0.324 e. The molecule has 8 nitrogen and oxygen atoms in total. The highest BCUT2D eigenvalue weighted by atomic mass is 32.2. The van der Waals surface area contributed by atoms with Gasteiger partial charge in [0, 0.05) is 7.05 Å². The lowest BCUT2D eigenvalue weighted by Gasteiger charge is -2.22. The van der Waals surface area contributed by atoms with Crippen molar-refractivity contribution in [2.24, 2.45) is 0 Å². The summed E-state index contributed by atoms with van der Waals surface area (Å²) in [5, 5.41) is 19.8. The molecule has 0 aliphatic heterocycles. The first-order valence-electron chi connectivity index (χ1n) is 5.78. The molecule has 1 rings (SSSR count). The molecule has 1 unspecified atom stereocenters. The van der Waals surface area contributed by atoms with Crippen LogP contribution >= 0.6 is 0 Å². The molecule has 0 fully saturated rings. The number of halogens is 1. The number of likely N-dealkylation sites (N-methyl/N-ethyl adjacent to an activating group) is 1. The number of para-hydroxylation sites is 1. The molecular formula is C11H13FN2O6S. The van der Waals surface area contributed by atoms with Crippen molar-refractivity contribution in [2.75, 3.05) is 7.05 Å². The second-order valence-corrected chi connectivity index (χ2v) is 6.09. The van der Waals surface area contributed by atoms with Crippen LogP contribution in [-0.2, 0) is 14.8 Å². The van der Waals surface area contributed by atoms with Crippen molar-refractivity contribution in [3.8, 4) is 0 Å². The lowest BCUT2D eigenvalue weighted by Crippen LogP contribution is -2.42. The summed E-state index contributed by atoms with van der Waals surface area (Å²) in [5.41, 5.74) is -1.20. The van der Waals surface area contributed by atoms with Crippen LogP contribution in [0.25, 0.3) is 0 Å². The van der Waals surface area contributed by atoms with E-state index in [2.05, 4.69) is 0 Å². The molecular weight excluding hydrogens is 307 g/mol. The second-order valence-electron chi connectivity index (χ2n) is 4.13. The van der Waals surface area contributed by atoms with Gasteiger partial charge in [0.25, 0.3) is 10.0 Å². The fraction of sp³-hybridized carbons (Fsp3) is 0.364. The average Bonchev–Trinajstić information content (AvgIpc) is 2.38. The van der Waals surface area contributed by atoms with E-state index < -0.39 is 43.4 Å². The number of aliphatic carboxylic acids is 1. The summed E-state index contributed by atoms with van der Waals surface area (Å²) in [7, 11) is -3.54. The summed E-state index contributed by atoms with van der Waals surface area (Å²) in [6, 6.07) is 1.22. The van der Waals surface area contributed by atoms with E-state index in [1.54, 1.807) is 0 Å². The first kappa shape index (κ1) is 17.0. The van der Waals surface area contributed by atoms with Gasteiger partial charge < -0.3 is 5.11 Å². The smallest absolute Gasteiger partial charge is 0.324 e. The van der Waals surface area contributed by atoms with Gasteiger partial charge in [-0.25, -0.2) is 8.42 Å². The fourth-order valence-corrected chi connectivity index (χ4v) is 3.34. The van der Waals surface area contributed by atoms with Crippen LogP contribution in [0.5, 0.6) is 0 Å². The van der Waals surface area contributed by atoms with Crippen LogP contribution < -0.4 is 0 Å². The fourth-order valence-electron chi connectivity index (χ4n) is 1.79. The number of carbonyl (C=O) groups is 1. The maximum atomic E-state index is 13.5. The minimum absolute atomic E-state index is 0.0474. The van der Waals surface area contributed by atoms with Crippen molar-refractivity contribution < 1.29 is 27.6 Å². The molecule has 0 spiro atoms. The quantitative estimate of drug-likeness (QED) is 0.622. The van der Waals surface area contributed by atoms with Gasteiger partial charge in [0.2, 0.25) is 5.82 Å². The Bertz CT molecular complexity index is 675. The first-order valence-corrected chi connectivity index (χ1v) is 7.22. The third-order valence-electron chi connectivity index (χ3n) is 2.90. The standard InChI is InChI=1S/C11H13FN2O6S/c1-3-8(11(15)16)13(2)21(19,20)9-6-4-5-7(12)10(9)14(17)18/h4-6,8H,3H2,1-2H3,(H,15,16). The summed E-state index contributed by atoms with van der Waals surface area (Å²) in [6.45, 7) is 1.45. The van der Waals surface area contributed by atoms with Gasteiger partial charge in [-0.3, -0.25) is 14.9 Å². The van der Waals surface area contributed by atoms with Crippen LogP contribution in [0.2, 0.25) is 0 Å². The summed E-state index contributed by atoms with van der Waals surface area (Å²) in [5.74, 6) is -2.71. The SMILES string of the molecule is CCC(C(=O)O)N(C)S(=O)(=O)c1cccc(F)c1[N+](=O)[O-]. The topological polar surface area (TPSA) is 118 Å². The van der Waals surface area contributed by atoms with Gasteiger partial charge in [0.15, 0.2) is 4.90 Å². The molecule has 1 aromatic carbocycles. The number of nitrogens with zero attached hydrogens (tertiary/aromatic N) is 2. The lowest BCUT2D eigenvalue weighted by atomic mass is 10.2. The van der Waals surface area contributed by atoms with E-state index in [-0.39, 0.29) is 6.42 Å². The molecule has 1 atom stereocenters. The summed E-state index contributed by atoms with van der Waals surface area (Å²) in [4.78, 5) is 19.8. The van der Waals surface area contributed by atoms with Crippen LogP contribution in [0.15, 0.2) is 23.1 Å². The molecule has 0 aliphatic rings. The van der Waals surface area contributed by atoms with E-state index in [0.717, 1.165) is 25.2 Å². The number of nitro groups is 1. The Balaban J connectivity index is 3.48. The number of nitro benzene ring substituents is 1. The maximum absolute atomic E-state index is 13.5. The molecule has 116 valence electrons. The highest BCUT2D eigenvalue weighted by Crippen LogP contribution is 2.29. The molecule has 0 saturated heterocycles. The van der Waals surface area contributed by atoms with Crippen LogP contribution in [0.4, 0.5) is 10.1 Å². The van der Waals surface area contributed by atoms with Gasteiger partial charge in [-0.1, -0.05) is 13.0 Å². The number of carboxylic acids is 1. The van der Waals surface area contributed by atoms with Gasteiger partial charge in [0.1, 0.15) is 6.04 Å². The zero-order valence-corrected chi connectivity index (χ0v) is 12.0. The Morgan fingerprint density at radius 3 is 2.52 bits per heavy atom. The van der Waals surface area contributed by atoms with Crippen molar-refractivity contribution in [1.82, 2.24) is 4.31 Å². The average molecular weight is 320 g/mol. The zero-order chi connectivity index (χ0) is 16.4. The van der Waals surface area contributed by atoms with Crippen LogP contribution in [0.3, 0.4) is 0 Å². The van der Waals surface area contributed by atoms with Gasteiger partial charge in [-0.05, 0) is 18.6 Å². The predicted octanol–water partition coefficient (Wildman–Crippen LogP) is 1.22. The van der Waals surface area contributed by atoms with Gasteiger partial charge in [-0.2, -0.15) is 8.70 Å². The molecule has 21 heavy (non-hydrogen) atoms. The number of hydrogen-bond acceptors (Lipinski definition) is 5. The minimum atomic E-state index is -4.52. The van der Waals surface area contributed by atoms with Crippen LogP contribution in [-0.4, -0.2) is 41.8 Å². The van der Waals surface area contributed by atoms with Crippen molar-refractivity contribution in [3.05, 3.63) is 34.1 Å². The summed E-state index contributed by atoms with van der Waals surface area (Å²) in [6.07, 6.45) is -0.0474. The number of hydrogen-bond donors (Lipinski definition) is 1. The molecule has 0 bridgehead atoms. The largest absolute Gasteiger partial charge is 0.480 e. The second kappa shape index (κ2) is 6.14. The Labute approximate surface area is 120 Å². The lowest BCUT2D eigenvalue weighted by molar-refractivity contribution is -0.390. The molecule has 0 aliphatic carbocycles. The van der Waals surface area contributed by atoms with E-state index in [0.29, 0.717) is 4.31 Å². The van der Waals surface area contributed by atoms with Crippen molar-refractivity contribution in [3.63, 3.8) is 0 Å². The summed E-state index contributed by atoms with van der Waals surface area (Å²) < 4.78 is 38.6. The molecule has 10 heteroatoms. The minimum Gasteiger partial charge on any atom is -0.480 e. The zero-order valence-electron chi connectivity index (χ0n) is 11.2. The monoisotopic (exact) mass is 320 g/mol. The van der Waals surface area contributed by atoms with Gasteiger partial charge in [-0.15, -0.1) is 0 Å². The van der Waals surface area contributed by atoms with Crippen LogP contribution in [0, 0.1) is 15.9 Å². The predicted molar refractivity (Wildman–Crippen MR) is 69.7 cm³/mol. The Morgan fingerprint density at radius 1 is 1.52 bits per heavy atom. The number of benzene rings is 1. The van der Waals surface area contributed by atoms with Gasteiger partial charge >= 0.3 is 11.7 Å². The highest BCUT2D eigenvalue weighted by molar-refractivity contribution is 7.89. The number of sulfonamides is 1. The van der Waals surface area contributed by atoms with E-state index >= 15 is 0 Å². The number of carboxylic acid groups (broad SMARTS) is 1. The Morgan fingerprint density at radius 2 is 2.10 bits per heavy atom. The molecule has 0 amide bonds. The third kappa shape index (κ3) is 3.16. The molecule has 0 heterocycles. The molecule has 0 radical (unpaired) electrons. The third-order valence-corrected chi connectivity index (χ3v) is 4.80. The Hall–Kier alpha value is -2.07. The van der Waals surface area contributed by atoms with E-state index in [4.69, 9.17) is 5.11 Å². The molecule has 1 N–H and O–H groups in total. The van der Waals surface area contributed by atoms with Gasteiger partial charge in [0.05, 0.1) is 4.92 Å². The molecule has 0 aromatic heterocycles. The van der Waals surface area contributed by atoms with E-state index in [1.165, 1.54) is 6.92 Å². The van der Waals surface area contributed by atoms with Crippen LogP contribution in [0.1, 0.15) is 13.3 Å². The number of rotatable bonds is 6. The van der Waals surface area contributed by atoms with E-state index in [1.807, 2.05) is 0 Å². The van der Waals surface area contributed by atoms with Crippen molar-refractivity contribution >= 4 is 21.7 Å². The molecule has 0 saturated carbocycles. The normalized spacial score (nSPS) is 13.1. The molecule has 1 aromatic rings. The van der Waals surface area contributed by atoms with Crippen molar-refractivity contribution in [2.45, 2.75) is 24.3 Å². The summed E-state index contributed by atoms with van der Waals surface area (Å²) >= 11 is 0. The highest BCUT2D eigenvalue weighted by Gasteiger charge is 2.37. The first-order chi connectivity index (χ1) is 9.64. The van der Waals surface area contributed by atoms with Crippen molar-refractivity contribution in [1.29, 1.82) is 0 Å². The Kier molecular flexibility index (Phi) is 4.97. The van der Waals surface area contributed by atoms with E-state index in [9.17, 15) is 27.7 Å².